The van der Waals surface area contributed by atoms with Crippen LogP contribution < -0.4 is 5.69 Å². The Labute approximate surface area is 105 Å². The first kappa shape index (κ1) is 13.3. The topological polar surface area (TPSA) is 79.9 Å². The third-order valence-corrected chi connectivity index (χ3v) is 2.12. The summed E-state index contributed by atoms with van der Waals surface area (Å²) in [4.78, 5) is 35.8. The van der Waals surface area contributed by atoms with Crippen LogP contribution in [0, 0.1) is 0 Å². The smallest absolute Gasteiger partial charge is 0.305 e. The molecule has 17 heavy (non-hydrogen) atoms. The highest BCUT2D eigenvalue weighted by molar-refractivity contribution is 6.97. The Bertz CT molecular complexity index is 598. The second-order valence-electron chi connectivity index (χ2n) is 2.82. The summed E-state index contributed by atoms with van der Waals surface area (Å²) < 4.78 is 0. The van der Waals surface area contributed by atoms with Gasteiger partial charge in [-0.15, -0.1) is 0 Å². The largest absolute Gasteiger partial charge is 0.345 e. The molecular weight excluding hydrogens is 267 g/mol. The van der Waals surface area contributed by atoms with Gasteiger partial charge < -0.3 is 4.98 Å². The van der Waals surface area contributed by atoms with Crippen molar-refractivity contribution in [1.82, 2.24) is 9.97 Å². The summed E-state index contributed by atoms with van der Waals surface area (Å²) >= 11 is 8.98. The monoisotopic (exact) mass is 272 g/mol. The summed E-state index contributed by atoms with van der Waals surface area (Å²) in [5.74, 6) is 0. The third-order valence-electron chi connectivity index (χ3n) is 1.68. The molecule has 5 nitrogen and oxygen atoms in total. The molecule has 0 saturated heterocycles. The molecule has 0 fully saturated rings. The van der Waals surface area contributed by atoms with Crippen LogP contribution in [0.2, 0.25) is 0 Å². The lowest BCUT2D eigenvalue weighted by molar-refractivity contribution is -0.127. The number of para-hydroxylation sites is 1. The normalized spacial score (nSPS) is 9.29. The van der Waals surface area contributed by atoms with Gasteiger partial charge in [-0.05, 0) is 29.3 Å². The second kappa shape index (κ2) is 6.12. The highest BCUT2D eigenvalue weighted by Crippen LogP contribution is 2.05. The number of hydrogen-bond donors (Lipinski definition) is 1. The molecule has 2 aromatic rings. The van der Waals surface area contributed by atoms with Gasteiger partial charge in [0, 0.05) is 11.6 Å². The molecule has 0 saturated carbocycles. The minimum absolute atomic E-state index is 0.302. The first-order valence-corrected chi connectivity index (χ1v) is 5.09. The summed E-state index contributed by atoms with van der Waals surface area (Å²) in [5, 5.41) is -1.33. The first-order chi connectivity index (χ1) is 8.00. The lowest BCUT2D eigenvalue weighted by Gasteiger charge is -1.92. The number of carbonyl (C=O) groups is 2. The Morgan fingerprint density at radius 1 is 1.12 bits per heavy atom. The van der Waals surface area contributed by atoms with Gasteiger partial charge in [0.2, 0.25) is 0 Å². The molecule has 0 aliphatic heterocycles. The number of nitrogens with zero attached hydrogens (tertiary/aromatic N) is 1. The fourth-order valence-electron chi connectivity index (χ4n) is 0.999. The van der Waals surface area contributed by atoms with Gasteiger partial charge in [-0.2, -0.15) is 0 Å². The van der Waals surface area contributed by atoms with Crippen molar-refractivity contribution < 1.29 is 9.59 Å². The van der Waals surface area contributed by atoms with Crippen molar-refractivity contribution in [2.75, 3.05) is 0 Å². The highest BCUT2D eigenvalue weighted by atomic mass is 35.5. The molecule has 7 heteroatoms. The molecule has 0 amide bonds. The number of aromatic nitrogens is 2. The minimum Gasteiger partial charge on any atom is -0.305 e. The predicted octanol–water partition coefficient (Wildman–Crippen LogP) is 1.44. The summed E-state index contributed by atoms with van der Waals surface area (Å²) in [7, 11) is 0. The van der Waals surface area contributed by atoms with Gasteiger partial charge >= 0.3 is 16.2 Å². The van der Waals surface area contributed by atoms with E-state index < -0.39 is 10.5 Å². The lowest BCUT2D eigenvalue weighted by Crippen LogP contribution is -2.07. The molecule has 0 aliphatic carbocycles. The molecule has 0 bridgehead atoms. The van der Waals surface area contributed by atoms with Gasteiger partial charge in [-0.3, -0.25) is 9.59 Å². The zero-order chi connectivity index (χ0) is 12.8. The van der Waals surface area contributed by atoms with Crippen molar-refractivity contribution in [3.8, 4) is 0 Å². The van der Waals surface area contributed by atoms with Crippen molar-refractivity contribution in [3.63, 3.8) is 0 Å². The maximum absolute atomic E-state index is 10.7. The van der Waals surface area contributed by atoms with Crippen molar-refractivity contribution in [2.45, 2.75) is 0 Å². The molecule has 1 N–H and O–H groups in total. The van der Waals surface area contributed by atoms with Crippen LogP contribution in [0.5, 0.6) is 0 Å². The number of H-pyrrole nitrogens is 1. The standard InChI is InChI=1S/C8H6N2O.C2Cl2O2/c11-8-9-5-6-3-1-2-4-7(6)10-8;3-1(5)2(4)6/h1-5H,(H,9,10,11);. The molecular formula is C10H6Cl2N2O3. The highest BCUT2D eigenvalue weighted by Gasteiger charge is 2.01. The molecule has 0 radical (unpaired) electrons. The fourth-order valence-corrected chi connectivity index (χ4v) is 0.999. The van der Waals surface area contributed by atoms with Crippen LogP contribution in [0.4, 0.5) is 0 Å². The Balaban J connectivity index is 0.000000209. The van der Waals surface area contributed by atoms with E-state index in [9.17, 15) is 14.4 Å². The third kappa shape index (κ3) is 4.34. The van der Waals surface area contributed by atoms with Gasteiger partial charge in [0.1, 0.15) is 0 Å². The van der Waals surface area contributed by atoms with E-state index in [1.54, 1.807) is 6.20 Å². The number of rotatable bonds is 1. The van der Waals surface area contributed by atoms with Crippen LogP contribution in [0.15, 0.2) is 35.3 Å². The van der Waals surface area contributed by atoms with E-state index >= 15 is 0 Å². The van der Waals surface area contributed by atoms with Crippen LogP contribution >= 0.6 is 23.2 Å². The van der Waals surface area contributed by atoms with E-state index in [0.717, 1.165) is 10.9 Å². The minimum atomic E-state index is -1.14. The Kier molecular flexibility index (Phi) is 4.81. The molecule has 0 atom stereocenters. The van der Waals surface area contributed by atoms with E-state index in [0.29, 0.717) is 0 Å². The number of benzene rings is 1. The Morgan fingerprint density at radius 3 is 2.29 bits per heavy atom. The molecule has 1 aromatic carbocycles. The van der Waals surface area contributed by atoms with Crippen LogP contribution in [0.3, 0.4) is 0 Å². The van der Waals surface area contributed by atoms with Gasteiger partial charge in [0.05, 0.1) is 5.52 Å². The van der Waals surface area contributed by atoms with Gasteiger partial charge in [0.25, 0.3) is 0 Å². The predicted molar refractivity (Wildman–Crippen MR) is 64.1 cm³/mol. The van der Waals surface area contributed by atoms with Gasteiger partial charge in [-0.25, -0.2) is 9.78 Å². The molecule has 1 heterocycles. The fraction of sp³-hybridized carbons (Fsp3) is 0. The SMILES string of the molecule is O=C(Cl)C(=O)Cl.O=c1ncc2ccccc2[nH]1. The summed E-state index contributed by atoms with van der Waals surface area (Å²) in [6.45, 7) is 0. The van der Waals surface area contributed by atoms with Crippen LogP contribution in [0.1, 0.15) is 0 Å². The molecule has 0 spiro atoms. The average Bonchev–Trinajstić information content (AvgIpc) is 2.29. The molecule has 0 unspecified atom stereocenters. The van der Waals surface area contributed by atoms with Gasteiger partial charge in [0.15, 0.2) is 0 Å². The van der Waals surface area contributed by atoms with E-state index in [4.69, 9.17) is 0 Å². The maximum Gasteiger partial charge on any atom is 0.345 e. The van der Waals surface area contributed by atoms with Crippen LogP contribution in [-0.4, -0.2) is 20.5 Å². The Morgan fingerprint density at radius 2 is 1.71 bits per heavy atom. The number of aromatic amines is 1. The average molecular weight is 273 g/mol. The van der Waals surface area contributed by atoms with E-state index in [-0.39, 0.29) is 5.69 Å². The van der Waals surface area contributed by atoms with E-state index in [2.05, 4.69) is 33.2 Å². The molecule has 2 rings (SSSR count). The van der Waals surface area contributed by atoms with E-state index in [1.807, 2.05) is 24.3 Å². The number of halogens is 2. The number of hydrogen-bond acceptors (Lipinski definition) is 4. The van der Waals surface area contributed by atoms with Crippen LogP contribution in [-0.2, 0) is 9.59 Å². The maximum atomic E-state index is 10.7. The Hall–Kier alpha value is -1.72. The zero-order valence-electron chi connectivity index (χ0n) is 8.31. The summed E-state index contributed by atoms with van der Waals surface area (Å²) in [6, 6.07) is 7.53. The molecule has 0 aliphatic rings. The molecule has 88 valence electrons. The lowest BCUT2D eigenvalue weighted by atomic mass is 10.2. The quantitative estimate of drug-likeness (QED) is 0.629. The van der Waals surface area contributed by atoms with Crippen LogP contribution in [0.25, 0.3) is 10.9 Å². The van der Waals surface area contributed by atoms with Crippen molar-refractivity contribution >= 4 is 44.6 Å². The summed E-state index contributed by atoms with van der Waals surface area (Å²) in [6.07, 6.45) is 1.56. The zero-order valence-corrected chi connectivity index (χ0v) is 9.83. The van der Waals surface area contributed by atoms with Gasteiger partial charge in [-0.1, -0.05) is 18.2 Å². The van der Waals surface area contributed by atoms with Crippen molar-refractivity contribution in [1.29, 1.82) is 0 Å². The number of carbonyl (C=O) groups excluding carboxylic acids is 2. The second-order valence-corrected chi connectivity index (χ2v) is 3.51. The molecule has 1 aromatic heterocycles. The summed E-state index contributed by atoms with van der Waals surface area (Å²) in [5.41, 5.74) is 0.524. The van der Waals surface area contributed by atoms with Crippen molar-refractivity contribution in [3.05, 3.63) is 40.9 Å². The first-order valence-electron chi connectivity index (χ1n) is 4.34. The number of fused-ring (bicyclic) bond motifs is 1. The van der Waals surface area contributed by atoms with E-state index in [1.165, 1.54) is 0 Å². The number of nitrogens with one attached hydrogen (secondary N) is 1. The van der Waals surface area contributed by atoms with Crippen molar-refractivity contribution in [2.24, 2.45) is 0 Å².